The van der Waals surface area contributed by atoms with Gasteiger partial charge in [-0.1, -0.05) is 31.4 Å². The molecule has 182 valence electrons. The molecule has 2 heterocycles. The molecule has 1 saturated heterocycles. The van der Waals surface area contributed by atoms with Gasteiger partial charge in [-0.2, -0.15) is 18.2 Å². The summed E-state index contributed by atoms with van der Waals surface area (Å²) in [4.78, 5) is 24.3. The molecular formula is C25H30F3N5O. The Morgan fingerprint density at radius 3 is 2.59 bits per heavy atom. The molecule has 3 fully saturated rings. The molecule has 34 heavy (non-hydrogen) atoms. The van der Waals surface area contributed by atoms with Gasteiger partial charge in [-0.25, -0.2) is 4.98 Å². The normalized spacial score (nSPS) is 22.4. The Balaban J connectivity index is 1.37. The Morgan fingerprint density at radius 2 is 1.88 bits per heavy atom. The van der Waals surface area contributed by atoms with E-state index >= 15 is 0 Å². The van der Waals surface area contributed by atoms with Crippen molar-refractivity contribution >= 4 is 17.7 Å². The number of carbonyl (C=O) groups excluding carboxylic acids is 1. The van der Waals surface area contributed by atoms with Crippen molar-refractivity contribution < 1.29 is 18.0 Å². The summed E-state index contributed by atoms with van der Waals surface area (Å²) >= 11 is 0. The number of rotatable bonds is 6. The van der Waals surface area contributed by atoms with Crippen LogP contribution in [0.2, 0.25) is 0 Å². The van der Waals surface area contributed by atoms with Crippen LogP contribution in [0.3, 0.4) is 0 Å². The van der Waals surface area contributed by atoms with Crippen molar-refractivity contribution in [2.75, 3.05) is 23.3 Å². The molecule has 0 radical (unpaired) electrons. The van der Waals surface area contributed by atoms with Crippen LogP contribution in [-0.4, -0.2) is 35.0 Å². The first kappa shape index (κ1) is 22.9. The van der Waals surface area contributed by atoms with Crippen molar-refractivity contribution in [1.29, 1.82) is 0 Å². The number of benzene rings is 1. The third-order valence-electron chi connectivity index (χ3n) is 7.29. The predicted molar refractivity (Wildman–Crippen MR) is 124 cm³/mol. The van der Waals surface area contributed by atoms with Gasteiger partial charge in [0.15, 0.2) is 0 Å². The van der Waals surface area contributed by atoms with E-state index in [0.29, 0.717) is 34.7 Å². The minimum atomic E-state index is -4.41. The van der Waals surface area contributed by atoms with Crippen LogP contribution in [0.5, 0.6) is 0 Å². The van der Waals surface area contributed by atoms with Crippen LogP contribution in [0.15, 0.2) is 24.4 Å². The number of aryl methyl sites for hydroxylation is 1. The van der Waals surface area contributed by atoms with E-state index in [1.54, 1.807) is 12.3 Å². The molecule has 2 aliphatic carbocycles. The summed E-state index contributed by atoms with van der Waals surface area (Å²) in [6.07, 6.45) is 3.66. The highest BCUT2D eigenvalue weighted by Crippen LogP contribution is 2.45. The molecule has 2 unspecified atom stereocenters. The number of alkyl halides is 3. The minimum Gasteiger partial charge on any atom is -0.365 e. The number of nitrogens with zero attached hydrogens (tertiary/aromatic N) is 3. The van der Waals surface area contributed by atoms with E-state index in [9.17, 15) is 18.0 Å². The summed E-state index contributed by atoms with van der Waals surface area (Å²) in [6.45, 7) is 3.38. The van der Waals surface area contributed by atoms with Gasteiger partial charge in [-0.3, -0.25) is 4.79 Å². The Hall–Kier alpha value is -2.84. The molecule has 1 aliphatic heterocycles. The SMILES string of the molecule is Cc1ccc(CNc2nc(N3CC4CC4C3)ncc2C(=O)NC2CCCCC2)cc1C(F)(F)F. The van der Waals surface area contributed by atoms with Crippen LogP contribution < -0.4 is 15.5 Å². The second-order valence-electron chi connectivity index (χ2n) is 9.90. The highest BCUT2D eigenvalue weighted by molar-refractivity contribution is 5.98. The number of hydrogen-bond acceptors (Lipinski definition) is 5. The summed E-state index contributed by atoms with van der Waals surface area (Å²) in [7, 11) is 0. The average Bonchev–Trinajstić information content (AvgIpc) is 3.42. The monoisotopic (exact) mass is 473 g/mol. The van der Waals surface area contributed by atoms with Gasteiger partial charge in [-0.15, -0.1) is 0 Å². The highest BCUT2D eigenvalue weighted by atomic mass is 19.4. The summed E-state index contributed by atoms with van der Waals surface area (Å²) in [6, 6.07) is 4.42. The van der Waals surface area contributed by atoms with Crippen molar-refractivity contribution in [2.45, 2.75) is 64.2 Å². The fourth-order valence-corrected chi connectivity index (χ4v) is 5.17. The van der Waals surface area contributed by atoms with Crippen molar-refractivity contribution in [3.8, 4) is 0 Å². The Labute approximate surface area is 197 Å². The summed E-state index contributed by atoms with van der Waals surface area (Å²) in [5.74, 6) is 2.06. The summed E-state index contributed by atoms with van der Waals surface area (Å²) in [5, 5.41) is 6.22. The predicted octanol–water partition coefficient (Wildman–Crippen LogP) is 4.93. The van der Waals surface area contributed by atoms with E-state index in [4.69, 9.17) is 0 Å². The molecule has 2 N–H and O–H groups in total. The number of nitrogens with one attached hydrogen (secondary N) is 2. The smallest absolute Gasteiger partial charge is 0.365 e. The molecule has 1 aromatic heterocycles. The maximum absolute atomic E-state index is 13.3. The summed E-state index contributed by atoms with van der Waals surface area (Å²) < 4.78 is 40.0. The molecule has 0 bridgehead atoms. The number of amides is 1. The first-order valence-corrected chi connectivity index (χ1v) is 12.1. The number of carbonyl (C=O) groups is 1. The lowest BCUT2D eigenvalue weighted by Crippen LogP contribution is -2.37. The molecule has 5 rings (SSSR count). The zero-order valence-corrected chi connectivity index (χ0v) is 19.3. The first-order valence-electron chi connectivity index (χ1n) is 12.1. The molecule has 0 spiro atoms. The molecule has 6 nitrogen and oxygen atoms in total. The Bertz CT molecular complexity index is 1060. The highest BCUT2D eigenvalue weighted by Gasteiger charge is 2.46. The van der Waals surface area contributed by atoms with Gasteiger partial charge in [0.25, 0.3) is 5.91 Å². The van der Waals surface area contributed by atoms with Gasteiger partial charge >= 0.3 is 6.18 Å². The van der Waals surface area contributed by atoms with Crippen LogP contribution in [0.1, 0.15) is 65.6 Å². The number of piperidine rings is 1. The Kier molecular flexibility index (Phi) is 6.12. The fraction of sp³-hybridized carbons (Fsp3) is 0.560. The van der Waals surface area contributed by atoms with Crippen LogP contribution in [0.25, 0.3) is 0 Å². The standard InChI is InChI=1S/C25H30F3N5O/c1-15-7-8-16(9-21(15)25(26,27)28)11-29-22-20(23(34)31-19-5-3-2-4-6-19)12-30-24(32-22)33-13-17-10-18(17)14-33/h7-9,12,17-19H,2-6,10-11,13-14H2,1H3,(H,31,34)(H,29,30,32). The third-order valence-corrected chi connectivity index (χ3v) is 7.29. The molecule has 1 amide bonds. The zero-order valence-electron chi connectivity index (χ0n) is 19.3. The maximum atomic E-state index is 13.3. The number of fused-ring (bicyclic) bond motifs is 1. The largest absolute Gasteiger partial charge is 0.416 e. The molecule has 1 aromatic carbocycles. The maximum Gasteiger partial charge on any atom is 0.416 e. The zero-order chi connectivity index (χ0) is 23.9. The van der Waals surface area contributed by atoms with E-state index in [1.165, 1.54) is 25.8 Å². The second kappa shape index (κ2) is 9.07. The van der Waals surface area contributed by atoms with Gasteiger partial charge in [-0.05, 0) is 55.2 Å². The van der Waals surface area contributed by atoms with Crippen LogP contribution in [0.4, 0.5) is 24.9 Å². The van der Waals surface area contributed by atoms with Crippen LogP contribution in [-0.2, 0) is 12.7 Å². The summed E-state index contributed by atoms with van der Waals surface area (Å²) in [5.41, 5.74) is 0.323. The van der Waals surface area contributed by atoms with Crippen molar-refractivity contribution in [3.05, 3.63) is 46.6 Å². The molecule has 2 atom stereocenters. The average molecular weight is 474 g/mol. The van der Waals surface area contributed by atoms with E-state index in [0.717, 1.165) is 44.8 Å². The fourth-order valence-electron chi connectivity index (χ4n) is 5.17. The van der Waals surface area contributed by atoms with Crippen LogP contribution in [0, 0.1) is 18.8 Å². The first-order chi connectivity index (χ1) is 16.3. The van der Waals surface area contributed by atoms with Crippen molar-refractivity contribution in [2.24, 2.45) is 11.8 Å². The molecule has 9 heteroatoms. The number of aromatic nitrogens is 2. The number of halogens is 3. The number of hydrogen-bond donors (Lipinski definition) is 2. The second-order valence-corrected chi connectivity index (χ2v) is 9.90. The third kappa shape index (κ3) is 4.98. The molecule has 2 saturated carbocycles. The minimum absolute atomic E-state index is 0.120. The molecule has 2 aromatic rings. The topological polar surface area (TPSA) is 70.2 Å². The van der Waals surface area contributed by atoms with E-state index < -0.39 is 11.7 Å². The molecular weight excluding hydrogens is 443 g/mol. The lowest BCUT2D eigenvalue weighted by Gasteiger charge is -2.24. The van der Waals surface area contributed by atoms with Crippen molar-refractivity contribution in [1.82, 2.24) is 15.3 Å². The molecule has 3 aliphatic rings. The van der Waals surface area contributed by atoms with E-state index in [-0.39, 0.29) is 24.1 Å². The lowest BCUT2D eigenvalue weighted by molar-refractivity contribution is -0.138. The Morgan fingerprint density at radius 1 is 1.15 bits per heavy atom. The van der Waals surface area contributed by atoms with Gasteiger partial charge in [0.1, 0.15) is 11.4 Å². The van der Waals surface area contributed by atoms with E-state index in [2.05, 4.69) is 25.5 Å². The van der Waals surface area contributed by atoms with Gasteiger partial charge in [0, 0.05) is 31.9 Å². The van der Waals surface area contributed by atoms with Crippen molar-refractivity contribution in [3.63, 3.8) is 0 Å². The van der Waals surface area contributed by atoms with Gasteiger partial charge in [0.2, 0.25) is 5.95 Å². The quantitative estimate of drug-likeness (QED) is 0.622. The van der Waals surface area contributed by atoms with E-state index in [1.807, 2.05) is 0 Å². The van der Waals surface area contributed by atoms with Gasteiger partial charge in [0.05, 0.1) is 5.56 Å². The van der Waals surface area contributed by atoms with Gasteiger partial charge < -0.3 is 15.5 Å². The van der Waals surface area contributed by atoms with Crippen LogP contribution >= 0.6 is 0 Å². The lowest BCUT2D eigenvalue weighted by atomic mass is 9.95. The number of anilines is 2.